The third-order valence-corrected chi connectivity index (χ3v) is 3.97. The van der Waals surface area contributed by atoms with Crippen molar-refractivity contribution in [3.8, 4) is 5.69 Å². The Bertz CT molecular complexity index is 858. The van der Waals surface area contributed by atoms with Gasteiger partial charge >= 0.3 is 0 Å². The molecule has 114 valence electrons. The van der Waals surface area contributed by atoms with E-state index in [2.05, 4.69) is 15.3 Å². The number of pyridine rings is 1. The molecule has 1 aromatic carbocycles. The van der Waals surface area contributed by atoms with Gasteiger partial charge in [0.25, 0.3) is 0 Å². The summed E-state index contributed by atoms with van der Waals surface area (Å²) in [6.45, 7) is 0. The zero-order valence-corrected chi connectivity index (χ0v) is 12.1. The van der Waals surface area contributed by atoms with Crippen LogP contribution in [0.15, 0.2) is 55.1 Å². The average molecular weight is 308 g/mol. The second kappa shape index (κ2) is 5.31. The molecule has 0 saturated heterocycles. The van der Waals surface area contributed by atoms with Crippen molar-refractivity contribution in [2.75, 3.05) is 5.32 Å². The molecule has 3 aromatic rings. The van der Waals surface area contributed by atoms with Crippen LogP contribution in [0.5, 0.6) is 0 Å². The minimum atomic E-state index is -0.292. The van der Waals surface area contributed by atoms with Gasteiger partial charge in [-0.25, -0.2) is 9.37 Å². The van der Waals surface area contributed by atoms with Crippen LogP contribution in [0.1, 0.15) is 23.6 Å². The highest BCUT2D eigenvalue weighted by molar-refractivity contribution is 5.94. The Morgan fingerprint density at radius 3 is 2.78 bits per heavy atom. The molecule has 6 heteroatoms. The Morgan fingerprint density at radius 2 is 2.04 bits per heavy atom. The fourth-order valence-corrected chi connectivity index (χ4v) is 2.92. The summed E-state index contributed by atoms with van der Waals surface area (Å²) in [6.07, 6.45) is 5.43. The molecule has 0 aliphatic carbocycles. The lowest BCUT2D eigenvalue weighted by Crippen LogP contribution is -2.25. The average Bonchev–Trinajstić information content (AvgIpc) is 2.99. The first-order chi connectivity index (χ1) is 11.2. The number of benzene rings is 1. The number of nitrogens with zero attached hydrogens (tertiary/aromatic N) is 3. The summed E-state index contributed by atoms with van der Waals surface area (Å²) in [5.41, 5.74) is 2.63. The number of fused-ring (bicyclic) bond motifs is 1. The molecule has 2 aromatic heterocycles. The van der Waals surface area contributed by atoms with E-state index in [1.165, 1.54) is 12.1 Å². The number of amides is 1. The number of imidazole rings is 1. The number of nitrogens with one attached hydrogen (secondary N) is 1. The summed E-state index contributed by atoms with van der Waals surface area (Å²) >= 11 is 0. The quantitative estimate of drug-likeness (QED) is 0.792. The fraction of sp³-hybridized carbons (Fsp3) is 0.118. The molecule has 1 aliphatic heterocycles. The minimum Gasteiger partial charge on any atom is -0.309 e. The van der Waals surface area contributed by atoms with Crippen molar-refractivity contribution in [1.82, 2.24) is 14.5 Å². The molecule has 0 radical (unpaired) electrons. The van der Waals surface area contributed by atoms with Gasteiger partial charge in [0.05, 0.1) is 5.69 Å². The molecule has 0 unspecified atom stereocenters. The highest BCUT2D eigenvalue weighted by Gasteiger charge is 2.31. The first-order valence-electron chi connectivity index (χ1n) is 7.25. The summed E-state index contributed by atoms with van der Waals surface area (Å²) in [4.78, 5) is 20.4. The van der Waals surface area contributed by atoms with Crippen molar-refractivity contribution in [3.05, 3.63) is 72.2 Å². The van der Waals surface area contributed by atoms with Crippen molar-refractivity contribution < 1.29 is 9.18 Å². The zero-order valence-electron chi connectivity index (χ0n) is 12.1. The van der Waals surface area contributed by atoms with E-state index in [0.29, 0.717) is 12.2 Å². The maximum atomic E-state index is 13.2. The lowest BCUT2D eigenvalue weighted by molar-refractivity contribution is -0.116. The van der Waals surface area contributed by atoms with Gasteiger partial charge in [-0.15, -0.1) is 0 Å². The SMILES string of the molecule is O=C1C[C@@H](c2cccnc2)c2c(ncn2-c2ccc(F)cc2)N1. The summed E-state index contributed by atoms with van der Waals surface area (Å²) in [7, 11) is 0. The Morgan fingerprint density at radius 1 is 1.22 bits per heavy atom. The first kappa shape index (κ1) is 13.6. The molecule has 0 saturated carbocycles. The van der Waals surface area contributed by atoms with Gasteiger partial charge in [-0.2, -0.15) is 0 Å². The van der Waals surface area contributed by atoms with Crippen LogP contribution >= 0.6 is 0 Å². The van der Waals surface area contributed by atoms with Crippen LogP contribution in [0.2, 0.25) is 0 Å². The molecular weight excluding hydrogens is 295 g/mol. The number of carbonyl (C=O) groups excluding carboxylic acids is 1. The van der Waals surface area contributed by atoms with Gasteiger partial charge in [0.2, 0.25) is 5.91 Å². The second-order valence-corrected chi connectivity index (χ2v) is 5.42. The normalized spacial score (nSPS) is 16.7. The smallest absolute Gasteiger partial charge is 0.226 e. The van der Waals surface area contributed by atoms with E-state index < -0.39 is 0 Å². The van der Waals surface area contributed by atoms with E-state index in [0.717, 1.165) is 16.9 Å². The number of carbonyl (C=O) groups is 1. The van der Waals surface area contributed by atoms with Crippen molar-refractivity contribution in [2.24, 2.45) is 0 Å². The van der Waals surface area contributed by atoms with Crippen LogP contribution in [-0.4, -0.2) is 20.4 Å². The van der Waals surface area contributed by atoms with Crippen LogP contribution in [0.25, 0.3) is 5.69 Å². The number of rotatable bonds is 2. The third-order valence-electron chi connectivity index (χ3n) is 3.97. The van der Waals surface area contributed by atoms with Crippen LogP contribution < -0.4 is 5.32 Å². The predicted molar refractivity (Wildman–Crippen MR) is 82.8 cm³/mol. The molecule has 0 bridgehead atoms. The highest BCUT2D eigenvalue weighted by Crippen LogP contribution is 2.37. The van der Waals surface area contributed by atoms with Gasteiger partial charge in [-0.3, -0.25) is 9.78 Å². The fourth-order valence-electron chi connectivity index (χ4n) is 2.92. The Balaban J connectivity index is 1.86. The van der Waals surface area contributed by atoms with Gasteiger partial charge in [-0.05, 0) is 35.9 Å². The van der Waals surface area contributed by atoms with E-state index >= 15 is 0 Å². The van der Waals surface area contributed by atoms with Gasteiger partial charge in [0.15, 0.2) is 5.82 Å². The van der Waals surface area contributed by atoms with Gasteiger partial charge in [-0.1, -0.05) is 6.07 Å². The van der Waals surface area contributed by atoms with Crippen LogP contribution in [0.3, 0.4) is 0 Å². The van der Waals surface area contributed by atoms with E-state index in [-0.39, 0.29) is 17.6 Å². The van der Waals surface area contributed by atoms with Crippen LogP contribution in [-0.2, 0) is 4.79 Å². The summed E-state index contributed by atoms with van der Waals surface area (Å²) in [6, 6.07) is 9.98. The number of hydrogen-bond donors (Lipinski definition) is 1. The lowest BCUT2D eigenvalue weighted by atomic mass is 9.90. The molecular formula is C17H13FN4O. The lowest BCUT2D eigenvalue weighted by Gasteiger charge is -2.24. The van der Waals surface area contributed by atoms with Gasteiger partial charge in [0.1, 0.15) is 12.1 Å². The Kier molecular flexibility index (Phi) is 3.15. The maximum absolute atomic E-state index is 13.2. The third kappa shape index (κ3) is 2.38. The number of anilines is 1. The van der Waals surface area contributed by atoms with Gasteiger partial charge < -0.3 is 9.88 Å². The summed E-state index contributed by atoms with van der Waals surface area (Å²) in [5.74, 6) is 0.0370. The Labute approximate surface area is 131 Å². The molecule has 0 spiro atoms. The van der Waals surface area contributed by atoms with Crippen molar-refractivity contribution in [2.45, 2.75) is 12.3 Å². The molecule has 1 atom stereocenters. The number of aromatic nitrogens is 3. The molecule has 1 amide bonds. The zero-order chi connectivity index (χ0) is 15.8. The molecule has 5 nitrogen and oxygen atoms in total. The standard InChI is InChI=1S/C17H13FN4O/c18-12-3-5-13(6-4-12)22-10-20-17-16(22)14(8-15(23)21-17)11-2-1-7-19-9-11/h1-7,9-10,14H,8H2,(H,21,23)/t14-/m0/s1. The summed E-state index contributed by atoms with van der Waals surface area (Å²) in [5, 5.41) is 2.80. The largest absolute Gasteiger partial charge is 0.309 e. The van der Waals surface area contributed by atoms with Crippen molar-refractivity contribution in [1.29, 1.82) is 0 Å². The molecule has 1 aliphatic rings. The number of halogens is 1. The molecule has 0 fully saturated rings. The van der Waals surface area contributed by atoms with Crippen molar-refractivity contribution >= 4 is 11.7 Å². The monoisotopic (exact) mass is 308 g/mol. The maximum Gasteiger partial charge on any atom is 0.226 e. The highest BCUT2D eigenvalue weighted by atomic mass is 19.1. The van der Waals surface area contributed by atoms with Crippen LogP contribution in [0, 0.1) is 5.82 Å². The molecule has 1 N–H and O–H groups in total. The van der Waals surface area contributed by atoms with E-state index in [1.54, 1.807) is 30.9 Å². The van der Waals surface area contributed by atoms with Crippen LogP contribution in [0.4, 0.5) is 10.2 Å². The number of hydrogen-bond acceptors (Lipinski definition) is 3. The predicted octanol–water partition coefficient (Wildman–Crippen LogP) is 2.88. The van der Waals surface area contributed by atoms with Gasteiger partial charge in [0, 0.05) is 30.4 Å². The van der Waals surface area contributed by atoms with Crippen molar-refractivity contribution in [3.63, 3.8) is 0 Å². The second-order valence-electron chi connectivity index (χ2n) is 5.42. The topological polar surface area (TPSA) is 59.8 Å². The Hall–Kier alpha value is -3.02. The van der Waals surface area contributed by atoms with E-state index in [1.807, 2.05) is 16.7 Å². The molecule has 3 heterocycles. The molecule has 23 heavy (non-hydrogen) atoms. The minimum absolute atomic E-state index is 0.0734. The van der Waals surface area contributed by atoms with E-state index in [9.17, 15) is 9.18 Å². The summed E-state index contributed by atoms with van der Waals surface area (Å²) < 4.78 is 15.1. The molecule has 4 rings (SSSR count). The first-order valence-corrected chi connectivity index (χ1v) is 7.25. The van der Waals surface area contributed by atoms with E-state index in [4.69, 9.17) is 0 Å².